The zero-order valence-electron chi connectivity index (χ0n) is 12.0. The van der Waals surface area contributed by atoms with Crippen molar-refractivity contribution in [2.75, 3.05) is 12.4 Å². The third kappa shape index (κ3) is 3.18. The molecule has 1 N–H and O–H groups in total. The number of rotatable bonds is 4. The number of aryl methyl sites for hydroxylation is 1. The molecule has 0 aromatic heterocycles. The summed E-state index contributed by atoms with van der Waals surface area (Å²) in [4.78, 5) is 12.3. The standard InChI is InChI=1S/C17H19NO2/c1-12-9-10-16(20-3)15(11-12)18-17(19)13(2)14-7-5-4-6-8-14/h4-11,13H,1-3H3,(H,18,19). The zero-order valence-corrected chi connectivity index (χ0v) is 12.0. The second-order valence-corrected chi connectivity index (χ2v) is 4.83. The Morgan fingerprint density at radius 3 is 2.50 bits per heavy atom. The molecule has 2 aromatic rings. The lowest BCUT2D eigenvalue weighted by Crippen LogP contribution is -2.19. The molecule has 0 heterocycles. The predicted molar refractivity (Wildman–Crippen MR) is 81.2 cm³/mol. The average molecular weight is 269 g/mol. The van der Waals surface area contributed by atoms with Gasteiger partial charge in [-0.15, -0.1) is 0 Å². The van der Waals surface area contributed by atoms with E-state index in [-0.39, 0.29) is 11.8 Å². The van der Waals surface area contributed by atoms with Gasteiger partial charge in [0.25, 0.3) is 0 Å². The van der Waals surface area contributed by atoms with Gasteiger partial charge in [-0.25, -0.2) is 0 Å². The third-order valence-electron chi connectivity index (χ3n) is 3.31. The van der Waals surface area contributed by atoms with Crippen molar-refractivity contribution < 1.29 is 9.53 Å². The summed E-state index contributed by atoms with van der Waals surface area (Å²) < 4.78 is 5.27. The van der Waals surface area contributed by atoms with Crippen LogP contribution in [0.2, 0.25) is 0 Å². The van der Waals surface area contributed by atoms with Crippen LogP contribution < -0.4 is 10.1 Å². The second kappa shape index (κ2) is 6.24. The van der Waals surface area contributed by atoms with Gasteiger partial charge < -0.3 is 10.1 Å². The minimum atomic E-state index is -0.207. The van der Waals surface area contributed by atoms with Crippen molar-refractivity contribution >= 4 is 11.6 Å². The van der Waals surface area contributed by atoms with E-state index in [4.69, 9.17) is 4.74 Å². The van der Waals surface area contributed by atoms with Crippen molar-refractivity contribution in [3.63, 3.8) is 0 Å². The molecule has 104 valence electrons. The summed E-state index contributed by atoms with van der Waals surface area (Å²) in [6, 6.07) is 15.5. The smallest absolute Gasteiger partial charge is 0.231 e. The number of amides is 1. The summed E-state index contributed by atoms with van der Waals surface area (Å²) in [5.41, 5.74) is 2.78. The summed E-state index contributed by atoms with van der Waals surface area (Å²) in [5.74, 6) is 0.422. The normalized spacial score (nSPS) is 11.8. The molecular formula is C17H19NO2. The fourth-order valence-electron chi connectivity index (χ4n) is 2.05. The monoisotopic (exact) mass is 269 g/mol. The van der Waals surface area contributed by atoms with E-state index < -0.39 is 0 Å². The Bertz CT molecular complexity index is 593. The molecule has 0 aliphatic heterocycles. The number of anilines is 1. The molecule has 0 spiro atoms. The molecule has 0 aliphatic rings. The Hall–Kier alpha value is -2.29. The highest BCUT2D eigenvalue weighted by Gasteiger charge is 2.16. The molecule has 0 saturated heterocycles. The molecule has 20 heavy (non-hydrogen) atoms. The maximum absolute atomic E-state index is 12.3. The molecular weight excluding hydrogens is 250 g/mol. The topological polar surface area (TPSA) is 38.3 Å². The van der Waals surface area contributed by atoms with E-state index >= 15 is 0 Å². The third-order valence-corrected chi connectivity index (χ3v) is 3.31. The fraction of sp³-hybridized carbons (Fsp3) is 0.235. The fourth-order valence-corrected chi connectivity index (χ4v) is 2.05. The van der Waals surface area contributed by atoms with Crippen LogP contribution in [0.15, 0.2) is 48.5 Å². The van der Waals surface area contributed by atoms with Crippen LogP contribution in [0.4, 0.5) is 5.69 Å². The first-order valence-corrected chi connectivity index (χ1v) is 6.62. The van der Waals surface area contributed by atoms with Gasteiger partial charge in [0, 0.05) is 0 Å². The van der Waals surface area contributed by atoms with Crippen molar-refractivity contribution in [2.45, 2.75) is 19.8 Å². The minimum Gasteiger partial charge on any atom is -0.495 e. The lowest BCUT2D eigenvalue weighted by molar-refractivity contribution is -0.117. The SMILES string of the molecule is COc1ccc(C)cc1NC(=O)C(C)c1ccccc1. The van der Waals surface area contributed by atoms with E-state index in [1.54, 1.807) is 7.11 Å². The van der Waals surface area contributed by atoms with Crippen LogP contribution >= 0.6 is 0 Å². The molecule has 0 bridgehead atoms. The summed E-state index contributed by atoms with van der Waals surface area (Å²) >= 11 is 0. The Morgan fingerprint density at radius 2 is 1.85 bits per heavy atom. The van der Waals surface area contributed by atoms with Gasteiger partial charge in [-0.1, -0.05) is 36.4 Å². The van der Waals surface area contributed by atoms with Gasteiger partial charge in [-0.3, -0.25) is 4.79 Å². The van der Waals surface area contributed by atoms with E-state index in [1.165, 1.54) is 0 Å². The van der Waals surface area contributed by atoms with Gasteiger partial charge in [-0.05, 0) is 37.1 Å². The largest absolute Gasteiger partial charge is 0.495 e. The van der Waals surface area contributed by atoms with Gasteiger partial charge in [0.1, 0.15) is 5.75 Å². The molecule has 0 aliphatic carbocycles. The van der Waals surface area contributed by atoms with E-state index in [1.807, 2.05) is 62.4 Å². The molecule has 2 aromatic carbocycles. The van der Waals surface area contributed by atoms with Crippen LogP contribution in [-0.4, -0.2) is 13.0 Å². The number of carbonyl (C=O) groups is 1. The molecule has 0 radical (unpaired) electrons. The van der Waals surface area contributed by atoms with Gasteiger partial charge in [0.2, 0.25) is 5.91 Å². The molecule has 1 unspecified atom stereocenters. The van der Waals surface area contributed by atoms with Crippen molar-refractivity contribution in [1.82, 2.24) is 0 Å². The van der Waals surface area contributed by atoms with Gasteiger partial charge >= 0.3 is 0 Å². The highest BCUT2D eigenvalue weighted by Crippen LogP contribution is 2.27. The molecule has 1 atom stereocenters. The lowest BCUT2D eigenvalue weighted by atomic mass is 10.0. The quantitative estimate of drug-likeness (QED) is 0.918. The van der Waals surface area contributed by atoms with Crippen molar-refractivity contribution in [3.05, 3.63) is 59.7 Å². The van der Waals surface area contributed by atoms with Crippen LogP contribution in [0.3, 0.4) is 0 Å². The Balaban J connectivity index is 2.18. The molecule has 3 heteroatoms. The average Bonchev–Trinajstić information content (AvgIpc) is 2.47. The summed E-state index contributed by atoms with van der Waals surface area (Å²) in [6.07, 6.45) is 0. The van der Waals surface area contributed by atoms with Crippen molar-refractivity contribution in [3.8, 4) is 5.75 Å². The van der Waals surface area contributed by atoms with Crippen molar-refractivity contribution in [1.29, 1.82) is 0 Å². The Morgan fingerprint density at radius 1 is 1.15 bits per heavy atom. The van der Waals surface area contributed by atoms with E-state index in [0.717, 1.165) is 11.1 Å². The Labute approximate surface area is 119 Å². The van der Waals surface area contributed by atoms with Crippen LogP contribution in [0.25, 0.3) is 0 Å². The van der Waals surface area contributed by atoms with E-state index in [2.05, 4.69) is 5.32 Å². The van der Waals surface area contributed by atoms with E-state index in [9.17, 15) is 4.79 Å². The number of methoxy groups -OCH3 is 1. The van der Waals surface area contributed by atoms with Gasteiger partial charge in [-0.2, -0.15) is 0 Å². The van der Waals surface area contributed by atoms with Crippen molar-refractivity contribution in [2.24, 2.45) is 0 Å². The van der Waals surface area contributed by atoms with Gasteiger partial charge in [0.05, 0.1) is 18.7 Å². The number of hydrogen-bond donors (Lipinski definition) is 1. The van der Waals surface area contributed by atoms with Crippen LogP contribution in [0, 0.1) is 6.92 Å². The highest BCUT2D eigenvalue weighted by atomic mass is 16.5. The zero-order chi connectivity index (χ0) is 14.5. The number of nitrogens with one attached hydrogen (secondary N) is 1. The number of ether oxygens (including phenoxy) is 1. The highest BCUT2D eigenvalue weighted by molar-refractivity contribution is 5.96. The van der Waals surface area contributed by atoms with E-state index in [0.29, 0.717) is 11.4 Å². The van der Waals surface area contributed by atoms with Crippen LogP contribution in [0.1, 0.15) is 24.0 Å². The number of carbonyl (C=O) groups excluding carboxylic acids is 1. The summed E-state index contributed by atoms with van der Waals surface area (Å²) in [7, 11) is 1.60. The maximum atomic E-state index is 12.3. The number of benzene rings is 2. The molecule has 3 nitrogen and oxygen atoms in total. The lowest BCUT2D eigenvalue weighted by Gasteiger charge is -2.15. The van der Waals surface area contributed by atoms with Gasteiger partial charge in [0.15, 0.2) is 0 Å². The summed E-state index contributed by atoms with van der Waals surface area (Å²) in [5, 5.41) is 2.94. The molecule has 0 saturated carbocycles. The first-order valence-electron chi connectivity index (χ1n) is 6.62. The summed E-state index contributed by atoms with van der Waals surface area (Å²) in [6.45, 7) is 3.88. The molecule has 1 amide bonds. The molecule has 0 fully saturated rings. The Kier molecular flexibility index (Phi) is 4.41. The number of hydrogen-bond acceptors (Lipinski definition) is 2. The van der Waals surface area contributed by atoms with Crippen LogP contribution in [0.5, 0.6) is 5.75 Å². The second-order valence-electron chi connectivity index (χ2n) is 4.83. The minimum absolute atomic E-state index is 0.0416. The maximum Gasteiger partial charge on any atom is 0.231 e. The predicted octanol–water partition coefficient (Wildman–Crippen LogP) is 3.75. The first-order chi connectivity index (χ1) is 9.61. The molecule has 2 rings (SSSR count). The first kappa shape index (κ1) is 14.1. The van der Waals surface area contributed by atoms with Crippen LogP contribution in [-0.2, 0) is 4.79 Å².